The SMILES string of the molecule is Cc1nn(C)c(C(=O)N2CCN(S(C)(=O)=O)CC2)c1N. The molecule has 0 aliphatic carbocycles. The van der Waals surface area contributed by atoms with E-state index in [1.165, 1.54) is 15.2 Å². The molecule has 1 saturated heterocycles. The van der Waals surface area contributed by atoms with Gasteiger partial charge in [-0.1, -0.05) is 0 Å². The first kappa shape index (κ1) is 14.8. The van der Waals surface area contributed by atoms with Crippen LogP contribution in [0.2, 0.25) is 0 Å². The highest BCUT2D eigenvalue weighted by Crippen LogP contribution is 2.18. The number of nitrogens with two attached hydrogens (primary N) is 1. The molecule has 0 unspecified atom stereocenters. The molecule has 1 aromatic rings. The molecular weight excluding hydrogens is 282 g/mol. The van der Waals surface area contributed by atoms with E-state index < -0.39 is 10.0 Å². The number of aromatic nitrogens is 2. The number of piperazine rings is 1. The Morgan fingerprint density at radius 1 is 1.25 bits per heavy atom. The first-order valence-corrected chi connectivity index (χ1v) is 8.10. The van der Waals surface area contributed by atoms with E-state index in [1.54, 1.807) is 18.9 Å². The first-order valence-electron chi connectivity index (χ1n) is 6.25. The van der Waals surface area contributed by atoms with Crippen molar-refractivity contribution in [3.8, 4) is 0 Å². The normalized spacial score (nSPS) is 17.4. The van der Waals surface area contributed by atoms with Crippen molar-refractivity contribution in [3.63, 3.8) is 0 Å². The van der Waals surface area contributed by atoms with Crippen molar-refractivity contribution in [2.45, 2.75) is 6.92 Å². The summed E-state index contributed by atoms with van der Waals surface area (Å²) in [4.78, 5) is 14.0. The van der Waals surface area contributed by atoms with Gasteiger partial charge in [-0.25, -0.2) is 8.42 Å². The molecule has 9 heteroatoms. The summed E-state index contributed by atoms with van der Waals surface area (Å²) in [5.74, 6) is -0.209. The summed E-state index contributed by atoms with van der Waals surface area (Å²) < 4.78 is 25.7. The van der Waals surface area contributed by atoms with Gasteiger partial charge in [-0.3, -0.25) is 9.48 Å². The lowest BCUT2D eigenvalue weighted by Crippen LogP contribution is -2.50. The van der Waals surface area contributed by atoms with Crippen molar-refractivity contribution < 1.29 is 13.2 Å². The number of carbonyl (C=O) groups excluding carboxylic acids is 1. The van der Waals surface area contributed by atoms with Gasteiger partial charge in [0.2, 0.25) is 10.0 Å². The predicted octanol–water partition coefficient (Wildman–Crippen LogP) is -0.972. The molecule has 0 aromatic carbocycles. The number of sulfonamides is 1. The zero-order valence-corrected chi connectivity index (χ0v) is 12.6. The number of amides is 1. The standard InChI is InChI=1S/C11H19N5O3S/c1-8-9(12)10(14(2)13-8)11(17)15-4-6-16(7-5-15)20(3,18)19/h4-7,12H2,1-3H3. The lowest BCUT2D eigenvalue weighted by Gasteiger charge is -2.33. The molecule has 1 amide bonds. The minimum Gasteiger partial charge on any atom is -0.395 e. The molecule has 2 rings (SSSR count). The van der Waals surface area contributed by atoms with Crippen LogP contribution in [0.3, 0.4) is 0 Å². The molecule has 0 atom stereocenters. The zero-order chi connectivity index (χ0) is 15.1. The van der Waals surface area contributed by atoms with Crippen molar-refractivity contribution in [2.24, 2.45) is 7.05 Å². The van der Waals surface area contributed by atoms with Gasteiger partial charge in [-0.2, -0.15) is 9.40 Å². The summed E-state index contributed by atoms with van der Waals surface area (Å²) in [6.45, 7) is 3.07. The zero-order valence-electron chi connectivity index (χ0n) is 11.8. The molecule has 1 aliphatic rings. The van der Waals surface area contributed by atoms with Crippen LogP contribution in [0.1, 0.15) is 16.2 Å². The highest BCUT2D eigenvalue weighted by atomic mass is 32.2. The Bertz CT molecular complexity index is 629. The van der Waals surface area contributed by atoms with E-state index in [9.17, 15) is 13.2 Å². The predicted molar refractivity (Wildman–Crippen MR) is 74.7 cm³/mol. The topological polar surface area (TPSA) is 102 Å². The van der Waals surface area contributed by atoms with Crippen LogP contribution >= 0.6 is 0 Å². The fraction of sp³-hybridized carbons (Fsp3) is 0.636. The second kappa shape index (κ2) is 5.06. The fourth-order valence-corrected chi connectivity index (χ4v) is 3.13. The van der Waals surface area contributed by atoms with E-state index in [0.29, 0.717) is 43.3 Å². The van der Waals surface area contributed by atoms with Gasteiger partial charge >= 0.3 is 0 Å². The number of hydrogen-bond donors (Lipinski definition) is 1. The monoisotopic (exact) mass is 301 g/mol. The minimum absolute atomic E-state index is 0.209. The van der Waals surface area contributed by atoms with Crippen molar-refractivity contribution in [2.75, 3.05) is 38.2 Å². The molecular formula is C11H19N5O3S. The molecule has 0 bridgehead atoms. The van der Waals surface area contributed by atoms with Crippen LogP contribution in [0.15, 0.2) is 0 Å². The molecule has 2 heterocycles. The smallest absolute Gasteiger partial charge is 0.274 e. The van der Waals surface area contributed by atoms with Crippen molar-refractivity contribution in [1.29, 1.82) is 0 Å². The van der Waals surface area contributed by atoms with Gasteiger partial charge in [-0.05, 0) is 6.92 Å². The Morgan fingerprint density at radius 2 is 1.80 bits per heavy atom. The third-order valence-corrected chi connectivity index (χ3v) is 4.77. The maximum atomic E-state index is 12.4. The van der Waals surface area contributed by atoms with Crippen molar-refractivity contribution >= 4 is 21.6 Å². The van der Waals surface area contributed by atoms with Crippen molar-refractivity contribution in [1.82, 2.24) is 19.0 Å². The molecule has 112 valence electrons. The van der Waals surface area contributed by atoms with E-state index in [4.69, 9.17) is 5.73 Å². The van der Waals surface area contributed by atoms with Crippen LogP contribution < -0.4 is 5.73 Å². The molecule has 20 heavy (non-hydrogen) atoms. The second-order valence-corrected chi connectivity index (χ2v) is 6.91. The summed E-state index contributed by atoms with van der Waals surface area (Å²) in [6, 6.07) is 0. The van der Waals surface area contributed by atoms with Gasteiger partial charge in [0, 0.05) is 33.2 Å². The Morgan fingerprint density at radius 3 is 2.20 bits per heavy atom. The van der Waals surface area contributed by atoms with Crippen LogP contribution in [-0.4, -0.2) is 65.7 Å². The van der Waals surface area contributed by atoms with Gasteiger partial charge in [0.05, 0.1) is 17.6 Å². The average molecular weight is 301 g/mol. The number of aryl methyl sites for hydroxylation is 2. The lowest BCUT2D eigenvalue weighted by atomic mass is 10.2. The largest absolute Gasteiger partial charge is 0.395 e. The maximum Gasteiger partial charge on any atom is 0.274 e. The molecule has 1 fully saturated rings. The molecule has 0 saturated carbocycles. The molecule has 1 aliphatic heterocycles. The summed E-state index contributed by atoms with van der Waals surface area (Å²) in [6.07, 6.45) is 1.17. The van der Waals surface area contributed by atoms with Gasteiger partial charge in [-0.15, -0.1) is 0 Å². The van der Waals surface area contributed by atoms with Crippen LogP contribution in [0.25, 0.3) is 0 Å². The van der Waals surface area contributed by atoms with Crippen LogP contribution in [0, 0.1) is 6.92 Å². The second-order valence-electron chi connectivity index (χ2n) is 4.93. The number of nitrogen functional groups attached to an aromatic ring is 1. The third-order valence-electron chi connectivity index (χ3n) is 3.47. The number of rotatable bonds is 2. The van der Waals surface area contributed by atoms with E-state index in [2.05, 4.69) is 5.10 Å². The molecule has 0 radical (unpaired) electrons. The lowest BCUT2D eigenvalue weighted by molar-refractivity contribution is 0.0688. The fourth-order valence-electron chi connectivity index (χ4n) is 2.30. The van der Waals surface area contributed by atoms with E-state index in [0.717, 1.165) is 0 Å². The highest BCUT2D eigenvalue weighted by Gasteiger charge is 2.29. The van der Waals surface area contributed by atoms with Gasteiger partial charge < -0.3 is 10.6 Å². The van der Waals surface area contributed by atoms with Gasteiger partial charge in [0.25, 0.3) is 5.91 Å². The number of nitrogens with zero attached hydrogens (tertiary/aromatic N) is 4. The number of anilines is 1. The summed E-state index contributed by atoms with van der Waals surface area (Å²) in [5, 5.41) is 4.12. The Kier molecular flexibility index (Phi) is 3.74. The van der Waals surface area contributed by atoms with Crippen LogP contribution in [0.5, 0.6) is 0 Å². The Balaban J connectivity index is 2.13. The van der Waals surface area contributed by atoms with E-state index in [-0.39, 0.29) is 5.91 Å². The Hall–Kier alpha value is -1.61. The Labute approximate surface area is 118 Å². The molecule has 1 aromatic heterocycles. The summed E-state index contributed by atoms with van der Waals surface area (Å²) in [7, 11) is -1.53. The van der Waals surface area contributed by atoms with E-state index >= 15 is 0 Å². The highest BCUT2D eigenvalue weighted by molar-refractivity contribution is 7.88. The van der Waals surface area contributed by atoms with Crippen molar-refractivity contribution in [3.05, 3.63) is 11.4 Å². The van der Waals surface area contributed by atoms with Gasteiger partial charge in [0.15, 0.2) is 0 Å². The van der Waals surface area contributed by atoms with Gasteiger partial charge in [0.1, 0.15) is 5.69 Å². The van der Waals surface area contributed by atoms with E-state index in [1.807, 2.05) is 0 Å². The maximum absolute atomic E-state index is 12.4. The van der Waals surface area contributed by atoms with Crippen LogP contribution in [0.4, 0.5) is 5.69 Å². The number of hydrogen-bond acceptors (Lipinski definition) is 5. The molecule has 2 N–H and O–H groups in total. The molecule has 8 nitrogen and oxygen atoms in total. The van der Waals surface area contributed by atoms with Crippen LogP contribution in [-0.2, 0) is 17.1 Å². The average Bonchev–Trinajstić information content (AvgIpc) is 2.62. The minimum atomic E-state index is -3.20. The number of carbonyl (C=O) groups is 1. The summed E-state index contributed by atoms with van der Waals surface area (Å²) >= 11 is 0. The third kappa shape index (κ3) is 2.63. The summed E-state index contributed by atoms with van der Waals surface area (Å²) in [5.41, 5.74) is 7.22. The molecule has 0 spiro atoms. The quantitative estimate of drug-likeness (QED) is 0.757. The first-order chi connectivity index (χ1) is 9.21.